The van der Waals surface area contributed by atoms with E-state index in [1.807, 2.05) is 18.2 Å². The number of amides is 1. The van der Waals surface area contributed by atoms with Crippen LogP contribution >= 0.6 is 11.8 Å². The number of imidazole rings is 1. The van der Waals surface area contributed by atoms with Crippen molar-refractivity contribution >= 4 is 28.7 Å². The van der Waals surface area contributed by atoms with Crippen molar-refractivity contribution in [2.75, 3.05) is 18.2 Å². The van der Waals surface area contributed by atoms with E-state index in [1.54, 1.807) is 35.0 Å². The molecule has 1 atom stereocenters. The average Bonchev–Trinajstić information content (AvgIpc) is 3.12. The molecule has 0 saturated carbocycles. The van der Waals surface area contributed by atoms with E-state index in [0.717, 1.165) is 34.6 Å². The van der Waals surface area contributed by atoms with E-state index in [2.05, 4.69) is 10.6 Å². The summed E-state index contributed by atoms with van der Waals surface area (Å²) in [5, 5.41) is 6.12. The summed E-state index contributed by atoms with van der Waals surface area (Å²) in [5.74, 6) is 1.75. The standard InChI is InChI=1S/C15H20N4O2S/c1-18-12-4-3-10(7-13(12)19(2)15(18)21)5-6-16-14(20)11-8-22-9-17-11/h3-4,7,11,17H,5-6,8-9H2,1-2H3,(H,16,20). The predicted molar refractivity (Wildman–Crippen MR) is 89.1 cm³/mol. The van der Waals surface area contributed by atoms with Crippen molar-refractivity contribution < 1.29 is 4.79 Å². The van der Waals surface area contributed by atoms with Crippen LogP contribution in [0.1, 0.15) is 5.56 Å². The minimum absolute atomic E-state index is 0.0229. The fraction of sp³-hybridized carbons (Fsp3) is 0.467. The highest BCUT2D eigenvalue weighted by atomic mass is 32.2. The molecule has 1 aliphatic heterocycles. The van der Waals surface area contributed by atoms with E-state index >= 15 is 0 Å². The Morgan fingerprint density at radius 1 is 1.36 bits per heavy atom. The fourth-order valence-corrected chi connectivity index (χ4v) is 3.67. The molecule has 2 N–H and O–H groups in total. The Morgan fingerprint density at radius 3 is 2.86 bits per heavy atom. The van der Waals surface area contributed by atoms with E-state index in [-0.39, 0.29) is 17.6 Å². The largest absolute Gasteiger partial charge is 0.354 e. The molecule has 6 nitrogen and oxygen atoms in total. The summed E-state index contributed by atoms with van der Waals surface area (Å²) in [7, 11) is 3.55. The molecule has 2 heterocycles. The molecule has 0 aliphatic carbocycles. The van der Waals surface area contributed by atoms with Gasteiger partial charge in [0, 0.05) is 32.3 Å². The summed E-state index contributed by atoms with van der Waals surface area (Å²) >= 11 is 1.74. The molecule has 1 aromatic carbocycles. The summed E-state index contributed by atoms with van der Waals surface area (Å²) in [6.07, 6.45) is 0.755. The van der Waals surface area contributed by atoms with Gasteiger partial charge >= 0.3 is 5.69 Å². The van der Waals surface area contributed by atoms with Gasteiger partial charge in [-0.3, -0.25) is 19.2 Å². The number of nitrogens with zero attached hydrogens (tertiary/aromatic N) is 2. The lowest BCUT2D eigenvalue weighted by Gasteiger charge is -2.10. The molecule has 1 aliphatic rings. The Labute approximate surface area is 132 Å². The molecular weight excluding hydrogens is 300 g/mol. The van der Waals surface area contributed by atoms with Gasteiger partial charge in [0.05, 0.1) is 17.1 Å². The van der Waals surface area contributed by atoms with Gasteiger partial charge in [-0.05, 0) is 24.1 Å². The van der Waals surface area contributed by atoms with E-state index in [1.165, 1.54) is 0 Å². The Bertz CT molecular complexity index is 759. The van der Waals surface area contributed by atoms with Crippen molar-refractivity contribution in [1.82, 2.24) is 19.8 Å². The summed E-state index contributed by atoms with van der Waals surface area (Å²) in [6.45, 7) is 0.605. The third-order valence-corrected chi connectivity index (χ3v) is 5.02. The molecule has 1 fully saturated rings. The van der Waals surface area contributed by atoms with Crippen LogP contribution in [0.3, 0.4) is 0 Å². The number of aromatic nitrogens is 2. The maximum absolute atomic E-state index is 11.9. The number of carbonyl (C=O) groups is 1. The monoisotopic (exact) mass is 320 g/mol. The quantitative estimate of drug-likeness (QED) is 0.844. The molecule has 0 spiro atoms. The lowest BCUT2D eigenvalue weighted by molar-refractivity contribution is -0.122. The van der Waals surface area contributed by atoms with Crippen LogP contribution in [0, 0.1) is 0 Å². The van der Waals surface area contributed by atoms with Crippen molar-refractivity contribution in [3.8, 4) is 0 Å². The summed E-state index contributed by atoms with van der Waals surface area (Å²) in [4.78, 5) is 23.8. The van der Waals surface area contributed by atoms with Crippen LogP contribution in [0.5, 0.6) is 0 Å². The number of thioether (sulfide) groups is 1. The van der Waals surface area contributed by atoms with Gasteiger partial charge in [-0.1, -0.05) is 6.07 Å². The average molecular weight is 320 g/mol. The highest BCUT2D eigenvalue weighted by molar-refractivity contribution is 7.99. The zero-order chi connectivity index (χ0) is 15.7. The predicted octanol–water partition coefficient (Wildman–Crippen LogP) is 0.198. The molecule has 0 bridgehead atoms. The van der Waals surface area contributed by atoms with Gasteiger partial charge in [0.1, 0.15) is 0 Å². The zero-order valence-electron chi connectivity index (χ0n) is 12.8. The Hall–Kier alpha value is -1.73. The maximum Gasteiger partial charge on any atom is 0.328 e. The van der Waals surface area contributed by atoms with Gasteiger partial charge in [-0.15, -0.1) is 11.8 Å². The lowest BCUT2D eigenvalue weighted by Crippen LogP contribution is -2.42. The first kappa shape index (κ1) is 15.2. The third-order valence-electron chi connectivity index (χ3n) is 4.08. The minimum atomic E-state index is -0.0672. The number of aryl methyl sites for hydroxylation is 2. The van der Waals surface area contributed by atoms with E-state index in [9.17, 15) is 9.59 Å². The topological polar surface area (TPSA) is 68.1 Å². The van der Waals surface area contributed by atoms with Crippen molar-refractivity contribution in [2.45, 2.75) is 12.5 Å². The molecule has 1 aromatic heterocycles. The molecule has 118 valence electrons. The Balaban J connectivity index is 1.65. The number of hydrogen-bond donors (Lipinski definition) is 2. The van der Waals surface area contributed by atoms with Gasteiger partial charge in [0.25, 0.3) is 0 Å². The highest BCUT2D eigenvalue weighted by Gasteiger charge is 2.21. The summed E-state index contributed by atoms with van der Waals surface area (Å²) in [5.41, 5.74) is 2.94. The first-order chi connectivity index (χ1) is 10.6. The molecule has 1 unspecified atom stereocenters. The van der Waals surface area contributed by atoms with Gasteiger partial charge in [0.15, 0.2) is 0 Å². The molecule has 7 heteroatoms. The molecule has 0 radical (unpaired) electrons. The van der Waals surface area contributed by atoms with Crippen LogP contribution in [0.4, 0.5) is 0 Å². The minimum Gasteiger partial charge on any atom is -0.354 e. The normalized spacial score (nSPS) is 18.0. The van der Waals surface area contributed by atoms with E-state index < -0.39 is 0 Å². The SMILES string of the molecule is Cn1c(=O)n(C)c2cc(CCNC(=O)C3CSCN3)ccc21. The molecule has 2 aromatic rings. The molecule has 22 heavy (non-hydrogen) atoms. The number of nitrogens with one attached hydrogen (secondary N) is 2. The van der Waals surface area contributed by atoms with E-state index in [0.29, 0.717) is 6.54 Å². The van der Waals surface area contributed by atoms with Gasteiger partial charge in [0.2, 0.25) is 5.91 Å². The molecular formula is C15H20N4O2S. The van der Waals surface area contributed by atoms with E-state index in [4.69, 9.17) is 0 Å². The van der Waals surface area contributed by atoms with Crippen LogP contribution in [0.2, 0.25) is 0 Å². The number of hydrogen-bond acceptors (Lipinski definition) is 4. The van der Waals surface area contributed by atoms with Crippen molar-refractivity contribution in [3.63, 3.8) is 0 Å². The first-order valence-corrected chi connectivity index (χ1v) is 8.46. The van der Waals surface area contributed by atoms with Crippen molar-refractivity contribution in [1.29, 1.82) is 0 Å². The summed E-state index contributed by atoms with van der Waals surface area (Å²) < 4.78 is 3.29. The number of rotatable bonds is 4. The second-order valence-corrected chi connectivity index (χ2v) is 6.57. The van der Waals surface area contributed by atoms with Crippen LogP contribution in [-0.4, -0.2) is 39.3 Å². The fourth-order valence-electron chi connectivity index (χ4n) is 2.72. The van der Waals surface area contributed by atoms with Crippen LogP contribution in [0.25, 0.3) is 11.0 Å². The van der Waals surface area contributed by atoms with Gasteiger partial charge in [-0.25, -0.2) is 4.79 Å². The molecule has 3 rings (SSSR count). The zero-order valence-corrected chi connectivity index (χ0v) is 13.6. The Morgan fingerprint density at radius 2 is 2.14 bits per heavy atom. The molecule has 1 saturated heterocycles. The van der Waals surface area contributed by atoms with Crippen molar-refractivity contribution in [3.05, 3.63) is 34.2 Å². The second kappa shape index (κ2) is 6.18. The second-order valence-electron chi connectivity index (χ2n) is 5.54. The van der Waals surface area contributed by atoms with Crippen LogP contribution in [0.15, 0.2) is 23.0 Å². The maximum atomic E-state index is 11.9. The van der Waals surface area contributed by atoms with Crippen molar-refractivity contribution in [2.24, 2.45) is 14.1 Å². The first-order valence-electron chi connectivity index (χ1n) is 7.31. The van der Waals surface area contributed by atoms with Crippen LogP contribution in [-0.2, 0) is 25.3 Å². The molecule has 1 amide bonds. The third kappa shape index (κ3) is 2.78. The number of benzene rings is 1. The Kier molecular flexibility index (Phi) is 4.26. The summed E-state index contributed by atoms with van der Waals surface area (Å²) in [6, 6.07) is 5.93. The van der Waals surface area contributed by atoms with Crippen LogP contribution < -0.4 is 16.3 Å². The lowest BCUT2D eigenvalue weighted by atomic mass is 10.1. The smallest absolute Gasteiger partial charge is 0.328 e. The van der Waals surface area contributed by atoms with Gasteiger partial charge in [-0.2, -0.15) is 0 Å². The van der Waals surface area contributed by atoms with Gasteiger partial charge < -0.3 is 5.32 Å². The number of fused-ring (bicyclic) bond motifs is 1. The number of carbonyl (C=O) groups excluding carboxylic acids is 1. The highest BCUT2D eigenvalue weighted by Crippen LogP contribution is 2.14.